The Morgan fingerprint density at radius 1 is 0.923 bits per heavy atom. The van der Waals surface area contributed by atoms with Crippen LogP contribution >= 0.6 is 10.9 Å². The Balaban J connectivity index is 2.28. The first kappa shape index (κ1) is 9.00. The van der Waals surface area contributed by atoms with E-state index >= 15 is 0 Å². The predicted molar refractivity (Wildman–Crippen MR) is 52.6 cm³/mol. The van der Waals surface area contributed by atoms with Crippen LogP contribution in [0.2, 0.25) is 0 Å². The lowest BCUT2D eigenvalue weighted by Crippen LogP contribution is -1.88. The summed E-state index contributed by atoms with van der Waals surface area (Å²) >= 11 is 0. The van der Waals surface area contributed by atoms with E-state index in [1.807, 2.05) is 0 Å². The third-order valence-electron chi connectivity index (χ3n) is 2.32. The molecule has 13 heavy (non-hydrogen) atoms. The summed E-state index contributed by atoms with van der Waals surface area (Å²) in [6, 6.07) is 3.91. The second-order valence-electron chi connectivity index (χ2n) is 3.32. The van der Waals surface area contributed by atoms with Crippen molar-refractivity contribution in [2.75, 3.05) is 11.5 Å². The molecular weight excluding hydrogens is 190 g/mol. The summed E-state index contributed by atoms with van der Waals surface area (Å²) in [5.74, 6) is 1.39. The van der Waals surface area contributed by atoms with Crippen LogP contribution < -0.4 is 0 Å². The fraction of sp³-hybridized carbons (Fsp3) is 0.400. The van der Waals surface area contributed by atoms with Gasteiger partial charge in [-0.1, -0.05) is 0 Å². The van der Waals surface area contributed by atoms with E-state index in [0.717, 1.165) is 22.5 Å². The smallest absolute Gasteiger partial charge is 0.127 e. The normalized spacial score (nSPS) is 19.4. The zero-order chi connectivity index (χ0) is 9.26. The van der Waals surface area contributed by atoms with Crippen molar-refractivity contribution in [1.29, 1.82) is 0 Å². The quantitative estimate of drug-likeness (QED) is 0.665. The lowest BCUT2D eigenvalue weighted by Gasteiger charge is -2.14. The van der Waals surface area contributed by atoms with Crippen molar-refractivity contribution in [3.05, 3.63) is 29.8 Å². The largest absolute Gasteiger partial charge is 0.227 e. The molecule has 1 aliphatic heterocycles. The van der Waals surface area contributed by atoms with Gasteiger partial charge in [-0.25, -0.2) is 19.7 Å². The van der Waals surface area contributed by atoms with Gasteiger partial charge in [0.15, 0.2) is 0 Å². The van der Waals surface area contributed by atoms with Crippen LogP contribution in [0.25, 0.3) is 0 Å². The molecule has 0 radical (unpaired) electrons. The fourth-order valence-electron chi connectivity index (χ4n) is 1.70. The van der Waals surface area contributed by atoms with Crippen molar-refractivity contribution in [3.63, 3.8) is 0 Å². The van der Waals surface area contributed by atoms with Gasteiger partial charge in [0.25, 0.3) is 0 Å². The Morgan fingerprint density at radius 2 is 1.46 bits per heavy atom. The molecule has 2 rings (SSSR count). The molecule has 0 unspecified atom stereocenters. The summed E-state index contributed by atoms with van der Waals surface area (Å²) in [4.78, 5) is 0.894. The number of hydrogen-bond acceptors (Lipinski definition) is 0. The van der Waals surface area contributed by atoms with Gasteiger partial charge in [0.05, 0.1) is 0 Å². The van der Waals surface area contributed by atoms with Crippen molar-refractivity contribution in [2.24, 2.45) is 0 Å². The highest BCUT2D eigenvalue weighted by atomic mass is 32.2. The SMILES string of the molecule is Fc1cc(F)cc([SH]2CCCC2)c1. The highest BCUT2D eigenvalue weighted by Crippen LogP contribution is 2.42. The maximum absolute atomic E-state index is 12.9. The Labute approximate surface area is 79.3 Å². The summed E-state index contributed by atoms with van der Waals surface area (Å²) in [7, 11) is -0.253. The van der Waals surface area contributed by atoms with Crippen LogP contribution in [-0.4, -0.2) is 11.5 Å². The monoisotopic (exact) mass is 202 g/mol. The third kappa shape index (κ3) is 2.02. The maximum atomic E-state index is 12.9. The van der Waals surface area contributed by atoms with Crippen molar-refractivity contribution in [1.82, 2.24) is 0 Å². The summed E-state index contributed by atoms with van der Waals surface area (Å²) in [6.45, 7) is 0. The minimum atomic E-state index is -0.440. The average molecular weight is 202 g/mol. The first-order chi connectivity index (χ1) is 6.25. The van der Waals surface area contributed by atoms with Crippen molar-refractivity contribution in [2.45, 2.75) is 17.7 Å². The number of thiol groups is 1. The second-order valence-corrected chi connectivity index (χ2v) is 5.81. The van der Waals surface area contributed by atoms with Gasteiger partial charge < -0.3 is 0 Å². The second kappa shape index (κ2) is 3.66. The molecule has 1 aliphatic rings. The summed E-state index contributed by atoms with van der Waals surface area (Å²) < 4.78 is 25.7. The van der Waals surface area contributed by atoms with E-state index in [-0.39, 0.29) is 10.9 Å². The number of hydrogen-bond donors (Lipinski definition) is 1. The molecule has 0 atom stereocenters. The van der Waals surface area contributed by atoms with E-state index < -0.39 is 11.6 Å². The molecule has 3 heteroatoms. The van der Waals surface area contributed by atoms with Crippen LogP contribution in [0.15, 0.2) is 23.1 Å². The number of rotatable bonds is 1. The van der Waals surface area contributed by atoms with E-state index in [1.165, 1.54) is 25.0 Å². The van der Waals surface area contributed by atoms with Gasteiger partial charge in [0.1, 0.15) is 11.6 Å². The molecule has 0 nitrogen and oxygen atoms in total. The van der Waals surface area contributed by atoms with Crippen LogP contribution in [0.1, 0.15) is 12.8 Å². The number of halogens is 2. The van der Waals surface area contributed by atoms with Gasteiger partial charge in [-0.2, -0.15) is 0 Å². The van der Waals surface area contributed by atoms with E-state index in [1.54, 1.807) is 0 Å². The standard InChI is InChI=1S/C10H12F2S/c11-8-5-9(12)7-10(6-8)13-3-1-2-4-13/h5-7,13H,1-4H2. The molecule has 0 amide bonds. The molecule has 1 heterocycles. The third-order valence-corrected chi connectivity index (χ3v) is 5.02. The van der Waals surface area contributed by atoms with E-state index in [9.17, 15) is 8.78 Å². The van der Waals surface area contributed by atoms with Gasteiger partial charge >= 0.3 is 0 Å². The van der Waals surface area contributed by atoms with Gasteiger partial charge in [0, 0.05) is 6.07 Å². The predicted octanol–water partition coefficient (Wildman–Crippen LogP) is 3.12. The average Bonchev–Trinajstić information content (AvgIpc) is 2.53. The molecule has 1 aromatic rings. The van der Waals surface area contributed by atoms with Crippen LogP contribution in [0.5, 0.6) is 0 Å². The molecule has 0 spiro atoms. The van der Waals surface area contributed by atoms with Crippen molar-refractivity contribution < 1.29 is 8.78 Å². The lowest BCUT2D eigenvalue weighted by atomic mass is 10.3. The van der Waals surface area contributed by atoms with Gasteiger partial charge in [-0.15, -0.1) is 0 Å². The minimum Gasteiger partial charge on any atom is -0.227 e. The van der Waals surface area contributed by atoms with Crippen molar-refractivity contribution >= 4 is 10.9 Å². The lowest BCUT2D eigenvalue weighted by molar-refractivity contribution is 0.577. The highest BCUT2D eigenvalue weighted by molar-refractivity contribution is 8.17. The van der Waals surface area contributed by atoms with Gasteiger partial charge in [-0.3, -0.25) is 0 Å². The molecule has 0 aromatic heterocycles. The summed E-state index contributed by atoms with van der Waals surface area (Å²) in [6.07, 6.45) is 2.42. The molecule has 72 valence electrons. The highest BCUT2D eigenvalue weighted by Gasteiger charge is 2.14. The molecular formula is C10H12F2S. The topological polar surface area (TPSA) is 0 Å². The minimum absolute atomic E-state index is 0.253. The zero-order valence-corrected chi connectivity index (χ0v) is 8.16. The van der Waals surface area contributed by atoms with E-state index in [4.69, 9.17) is 0 Å². The Morgan fingerprint density at radius 3 is 2.00 bits per heavy atom. The first-order valence-electron chi connectivity index (χ1n) is 4.47. The van der Waals surface area contributed by atoms with Gasteiger partial charge in [-0.05, 0) is 41.4 Å². The first-order valence-corrected chi connectivity index (χ1v) is 6.18. The molecule has 0 aliphatic carbocycles. The van der Waals surface area contributed by atoms with Crippen LogP contribution in [0, 0.1) is 11.6 Å². The molecule has 1 fully saturated rings. The summed E-state index contributed by atoms with van der Waals surface area (Å²) in [5.41, 5.74) is 0. The molecule has 0 saturated carbocycles. The Kier molecular flexibility index (Phi) is 2.54. The fourth-order valence-corrected chi connectivity index (χ4v) is 4.26. The van der Waals surface area contributed by atoms with Gasteiger partial charge in [0.2, 0.25) is 0 Å². The molecule has 0 N–H and O–H groups in total. The van der Waals surface area contributed by atoms with Crippen LogP contribution in [0.4, 0.5) is 8.78 Å². The number of benzene rings is 1. The van der Waals surface area contributed by atoms with Crippen molar-refractivity contribution in [3.8, 4) is 0 Å². The van der Waals surface area contributed by atoms with Crippen LogP contribution in [0.3, 0.4) is 0 Å². The Hall–Kier alpha value is -0.570. The molecule has 1 saturated heterocycles. The zero-order valence-electron chi connectivity index (χ0n) is 7.26. The summed E-state index contributed by atoms with van der Waals surface area (Å²) in [5, 5.41) is 0. The maximum Gasteiger partial charge on any atom is 0.127 e. The van der Waals surface area contributed by atoms with E-state index in [0.29, 0.717) is 0 Å². The van der Waals surface area contributed by atoms with Crippen LogP contribution in [-0.2, 0) is 0 Å². The van der Waals surface area contributed by atoms with E-state index in [2.05, 4.69) is 0 Å². The molecule has 1 aromatic carbocycles. The molecule has 0 bridgehead atoms. The Bertz CT molecular complexity index is 286.